The molecule has 1 aliphatic rings. The Hall–Kier alpha value is -2.57. The highest BCUT2D eigenvalue weighted by atomic mass is 16.5. The quantitative estimate of drug-likeness (QED) is 0.447. The molecule has 0 spiro atoms. The van der Waals surface area contributed by atoms with Crippen LogP contribution in [0.2, 0.25) is 0 Å². The highest BCUT2D eigenvalue weighted by Crippen LogP contribution is 2.38. The Morgan fingerprint density at radius 2 is 1.65 bits per heavy atom. The van der Waals surface area contributed by atoms with E-state index in [1.807, 2.05) is 12.1 Å². The molecule has 1 aromatic carbocycles. The number of esters is 2. The molecular formula is C27H41NO6. The van der Waals surface area contributed by atoms with Crippen LogP contribution < -0.4 is 10.1 Å². The van der Waals surface area contributed by atoms with E-state index < -0.39 is 6.04 Å². The van der Waals surface area contributed by atoms with Crippen molar-refractivity contribution in [3.63, 3.8) is 0 Å². The smallest absolute Gasteiger partial charge is 0.308 e. The molecule has 2 rings (SSSR count). The number of methoxy groups -OCH3 is 1. The average molecular weight is 476 g/mol. The Morgan fingerprint density at radius 1 is 1.00 bits per heavy atom. The minimum absolute atomic E-state index is 0.0102. The van der Waals surface area contributed by atoms with Gasteiger partial charge in [0.15, 0.2) is 0 Å². The molecule has 190 valence electrons. The van der Waals surface area contributed by atoms with Gasteiger partial charge in [-0.25, -0.2) is 0 Å². The molecule has 1 atom stereocenters. The second kappa shape index (κ2) is 13.4. The van der Waals surface area contributed by atoms with Crippen molar-refractivity contribution in [2.24, 2.45) is 11.3 Å². The van der Waals surface area contributed by atoms with Crippen LogP contribution in [0.25, 0.3) is 0 Å². The third-order valence-electron chi connectivity index (χ3n) is 6.51. The predicted octanol–water partition coefficient (Wildman–Crippen LogP) is 5.12. The summed E-state index contributed by atoms with van der Waals surface area (Å²) in [5, 5.41) is 2.90. The maximum absolute atomic E-state index is 12.6. The highest BCUT2D eigenvalue weighted by molar-refractivity contribution is 5.79. The molecule has 0 aromatic heterocycles. The van der Waals surface area contributed by atoms with Crippen molar-refractivity contribution in [2.75, 3.05) is 13.7 Å². The number of nitrogens with one attached hydrogen (secondary N) is 1. The number of hydrogen-bond donors (Lipinski definition) is 1. The number of benzene rings is 1. The molecule has 1 amide bonds. The second-order valence-electron chi connectivity index (χ2n) is 10.1. The van der Waals surface area contributed by atoms with Gasteiger partial charge >= 0.3 is 11.9 Å². The van der Waals surface area contributed by atoms with Gasteiger partial charge in [0.2, 0.25) is 5.91 Å². The summed E-state index contributed by atoms with van der Waals surface area (Å²) in [6, 6.07) is 6.68. The van der Waals surface area contributed by atoms with E-state index in [2.05, 4.69) is 26.1 Å². The first-order chi connectivity index (χ1) is 16.1. The van der Waals surface area contributed by atoms with Crippen molar-refractivity contribution in [3.05, 3.63) is 29.8 Å². The molecule has 0 saturated heterocycles. The third kappa shape index (κ3) is 9.35. The van der Waals surface area contributed by atoms with Crippen LogP contribution in [0.5, 0.6) is 5.75 Å². The molecule has 1 aromatic rings. The van der Waals surface area contributed by atoms with E-state index in [4.69, 9.17) is 14.2 Å². The number of rotatable bonds is 11. The van der Waals surface area contributed by atoms with Gasteiger partial charge in [-0.3, -0.25) is 14.4 Å². The molecule has 1 fully saturated rings. The van der Waals surface area contributed by atoms with Crippen LogP contribution in [-0.2, 0) is 23.9 Å². The molecule has 1 aliphatic carbocycles. The SMILES string of the molecule is CCOC(=O)C[C@@H](NC(=O)CCCC(=O)OC1CCC(C(C)(C)C)CC1)c1ccc(OC)cc1. The molecule has 34 heavy (non-hydrogen) atoms. The van der Waals surface area contributed by atoms with Crippen molar-refractivity contribution >= 4 is 17.8 Å². The molecule has 7 nitrogen and oxygen atoms in total. The van der Waals surface area contributed by atoms with Crippen molar-refractivity contribution in [3.8, 4) is 5.75 Å². The maximum Gasteiger partial charge on any atom is 0.308 e. The maximum atomic E-state index is 12.6. The van der Waals surface area contributed by atoms with Gasteiger partial charge < -0.3 is 19.5 Å². The summed E-state index contributed by atoms with van der Waals surface area (Å²) in [7, 11) is 1.58. The lowest BCUT2D eigenvalue weighted by molar-refractivity contribution is -0.151. The highest BCUT2D eigenvalue weighted by Gasteiger charge is 2.31. The van der Waals surface area contributed by atoms with Gasteiger partial charge in [0.1, 0.15) is 11.9 Å². The van der Waals surface area contributed by atoms with Crippen LogP contribution >= 0.6 is 0 Å². The van der Waals surface area contributed by atoms with Gasteiger partial charge in [-0.1, -0.05) is 32.9 Å². The molecule has 0 unspecified atom stereocenters. The standard InChI is InChI=1S/C27H41NO6/c1-6-33-26(31)18-23(19-10-14-21(32-5)15-11-19)28-24(29)8-7-9-25(30)34-22-16-12-20(13-17-22)27(2,3)4/h10-11,14-15,20,22-23H,6-9,12-13,16-18H2,1-5H3,(H,28,29)/t20?,22?,23-/m1/s1. The van der Waals surface area contributed by atoms with Gasteiger partial charge in [-0.15, -0.1) is 0 Å². The summed E-state index contributed by atoms with van der Waals surface area (Å²) in [5.74, 6) is 0.511. The van der Waals surface area contributed by atoms with Crippen molar-refractivity contribution in [1.29, 1.82) is 0 Å². The lowest BCUT2D eigenvalue weighted by atomic mass is 9.72. The first-order valence-corrected chi connectivity index (χ1v) is 12.4. The zero-order valence-electron chi connectivity index (χ0n) is 21.4. The van der Waals surface area contributed by atoms with E-state index in [0.29, 0.717) is 23.5 Å². The molecule has 1 N–H and O–H groups in total. The topological polar surface area (TPSA) is 90.9 Å². The van der Waals surface area contributed by atoms with Crippen LogP contribution in [-0.4, -0.2) is 37.7 Å². The fraction of sp³-hybridized carbons (Fsp3) is 0.667. The minimum Gasteiger partial charge on any atom is -0.497 e. The predicted molar refractivity (Wildman–Crippen MR) is 130 cm³/mol. The lowest BCUT2D eigenvalue weighted by Gasteiger charge is -2.36. The molecule has 1 saturated carbocycles. The fourth-order valence-corrected chi connectivity index (χ4v) is 4.43. The summed E-state index contributed by atoms with van der Waals surface area (Å²) >= 11 is 0. The van der Waals surface area contributed by atoms with Crippen molar-refractivity contribution < 1.29 is 28.6 Å². The monoisotopic (exact) mass is 475 g/mol. The molecule has 7 heteroatoms. The fourth-order valence-electron chi connectivity index (χ4n) is 4.43. The van der Waals surface area contributed by atoms with Crippen LogP contribution in [0.3, 0.4) is 0 Å². The Bertz CT molecular complexity index is 790. The van der Waals surface area contributed by atoms with Gasteiger partial charge in [-0.2, -0.15) is 0 Å². The summed E-state index contributed by atoms with van der Waals surface area (Å²) in [5.41, 5.74) is 1.08. The summed E-state index contributed by atoms with van der Waals surface area (Å²) in [6.45, 7) is 8.82. The Labute approximate surface area is 203 Å². The van der Waals surface area contributed by atoms with Gasteiger partial charge in [0.25, 0.3) is 0 Å². The lowest BCUT2D eigenvalue weighted by Crippen LogP contribution is -2.31. The molecule has 0 heterocycles. The minimum atomic E-state index is -0.512. The van der Waals surface area contributed by atoms with Crippen LogP contribution in [0.4, 0.5) is 0 Å². The summed E-state index contributed by atoms with van der Waals surface area (Å²) < 4.78 is 15.9. The van der Waals surface area contributed by atoms with E-state index in [-0.39, 0.29) is 49.8 Å². The third-order valence-corrected chi connectivity index (χ3v) is 6.51. The zero-order chi connectivity index (χ0) is 25.1. The molecular weight excluding hydrogens is 434 g/mol. The molecule has 0 aliphatic heterocycles. The number of ether oxygens (including phenoxy) is 3. The Kier molecular flexibility index (Phi) is 10.9. The summed E-state index contributed by atoms with van der Waals surface area (Å²) in [6.07, 6.45) is 4.79. The van der Waals surface area contributed by atoms with Gasteiger partial charge in [0, 0.05) is 12.8 Å². The second-order valence-corrected chi connectivity index (χ2v) is 10.1. The number of hydrogen-bond acceptors (Lipinski definition) is 6. The molecule has 0 bridgehead atoms. The number of carbonyl (C=O) groups excluding carboxylic acids is 3. The molecule has 0 radical (unpaired) electrons. The zero-order valence-corrected chi connectivity index (χ0v) is 21.4. The van der Waals surface area contributed by atoms with E-state index in [1.54, 1.807) is 26.2 Å². The number of amides is 1. The van der Waals surface area contributed by atoms with E-state index in [1.165, 1.54) is 0 Å². The van der Waals surface area contributed by atoms with Crippen LogP contribution in [0.1, 0.15) is 90.7 Å². The Balaban J connectivity index is 1.79. The van der Waals surface area contributed by atoms with Crippen LogP contribution in [0, 0.1) is 11.3 Å². The number of carbonyl (C=O) groups is 3. The van der Waals surface area contributed by atoms with Crippen molar-refractivity contribution in [1.82, 2.24) is 5.32 Å². The normalized spacial score (nSPS) is 19.1. The van der Waals surface area contributed by atoms with E-state index in [9.17, 15) is 14.4 Å². The first-order valence-electron chi connectivity index (χ1n) is 12.4. The van der Waals surface area contributed by atoms with E-state index in [0.717, 1.165) is 31.2 Å². The average Bonchev–Trinajstić information content (AvgIpc) is 2.78. The first kappa shape index (κ1) is 27.7. The van der Waals surface area contributed by atoms with Crippen LogP contribution in [0.15, 0.2) is 24.3 Å². The summed E-state index contributed by atoms with van der Waals surface area (Å²) in [4.78, 5) is 36.9. The van der Waals surface area contributed by atoms with Gasteiger partial charge in [-0.05, 0) is 68.1 Å². The largest absolute Gasteiger partial charge is 0.497 e. The van der Waals surface area contributed by atoms with E-state index >= 15 is 0 Å². The van der Waals surface area contributed by atoms with Gasteiger partial charge in [0.05, 0.1) is 26.2 Å². The van der Waals surface area contributed by atoms with Crippen molar-refractivity contribution in [2.45, 2.75) is 91.2 Å². The Morgan fingerprint density at radius 3 is 2.21 bits per heavy atom.